The van der Waals surface area contributed by atoms with Crippen LogP contribution in [0, 0.1) is 6.92 Å². The number of ether oxygens (including phenoxy) is 1. The molecule has 1 aromatic carbocycles. The van der Waals surface area contributed by atoms with E-state index in [4.69, 9.17) is 5.73 Å². The molecule has 15 heavy (non-hydrogen) atoms. The minimum atomic E-state index is -0.178. The van der Waals surface area contributed by atoms with E-state index in [1.165, 1.54) is 7.11 Å². The third-order valence-electron chi connectivity index (χ3n) is 1.88. The zero-order chi connectivity index (χ0) is 11.3. The molecule has 1 aromatic rings. The zero-order valence-corrected chi connectivity index (χ0v) is 9.76. The third kappa shape index (κ3) is 4.25. The van der Waals surface area contributed by atoms with Crippen LogP contribution in [0.15, 0.2) is 23.1 Å². The lowest BCUT2D eigenvalue weighted by atomic mass is 10.2. The number of aryl methyl sites for hydroxylation is 1. The summed E-state index contributed by atoms with van der Waals surface area (Å²) in [6.07, 6.45) is 0.426. The number of esters is 1. The molecule has 0 radical (unpaired) electrons. The quantitative estimate of drug-likeness (QED) is 0.485. The fourth-order valence-corrected chi connectivity index (χ4v) is 2.21. The van der Waals surface area contributed by atoms with Gasteiger partial charge in [-0.3, -0.25) is 4.79 Å². The second kappa shape index (κ2) is 5.66. The maximum Gasteiger partial charge on any atom is 0.306 e. The molecule has 0 saturated carbocycles. The van der Waals surface area contributed by atoms with Crippen LogP contribution in [0.3, 0.4) is 0 Å². The van der Waals surface area contributed by atoms with Crippen LogP contribution >= 0.6 is 11.8 Å². The molecule has 0 bridgehead atoms. The minimum absolute atomic E-state index is 0.178. The van der Waals surface area contributed by atoms with Crippen molar-refractivity contribution in [1.82, 2.24) is 0 Å². The Hall–Kier alpha value is -1.16. The first-order valence-corrected chi connectivity index (χ1v) is 5.67. The van der Waals surface area contributed by atoms with Crippen molar-refractivity contribution in [1.29, 1.82) is 0 Å². The maximum absolute atomic E-state index is 10.9. The van der Waals surface area contributed by atoms with E-state index in [2.05, 4.69) is 10.8 Å². The maximum atomic E-state index is 10.9. The van der Waals surface area contributed by atoms with E-state index in [1.54, 1.807) is 11.8 Å². The summed E-state index contributed by atoms with van der Waals surface area (Å²) in [7, 11) is 1.40. The lowest BCUT2D eigenvalue weighted by Crippen LogP contribution is -2.00. The van der Waals surface area contributed by atoms with Crippen molar-refractivity contribution in [2.75, 3.05) is 18.6 Å². The van der Waals surface area contributed by atoms with E-state index >= 15 is 0 Å². The third-order valence-corrected chi connectivity index (χ3v) is 2.85. The number of benzene rings is 1. The van der Waals surface area contributed by atoms with Gasteiger partial charge < -0.3 is 10.5 Å². The van der Waals surface area contributed by atoms with E-state index in [9.17, 15) is 4.79 Å². The average molecular weight is 225 g/mol. The summed E-state index contributed by atoms with van der Waals surface area (Å²) in [5.41, 5.74) is 7.61. The molecule has 1 rings (SSSR count). The standard InChI is InChI=1S/C11H15NO2S/c1-8-5-9(12)7-10(6-8)15-4-3-11(13)14-2/h5-7H,3-4,12H2,1-2H3. The number of anilines is 1. The lowest BCUT2D eigenvalue weighted by molar-refractivity contribution is -0.140. The Bertz CT molecular complexity index is 332. The Morgan fingerprint density at radius 2 is 2.20 bits per heavy atom. The molecule has 0 aromatic heterocycles. The summed E-state index contributed by atoms with van der Waals surface area (Å²) in [4.78, 5) is 12.0. The number of hydrogen-bond donors (Lipinski definition) is 1. The topological polar surface area (TPSA) is 52.3 Å². The van der Waals surface area contributed by atoms with Crippen LogP contribution < -0.4 is 5.73 Å². The van der Waals surface area contributed by atoms with E-state index in [-0.39, 0.29) is 5.97 Å². The Balaban J connectivity index is 2.47. The molecule has 0 amide bonds. The van der Waals surface area contributed by atoms with Gasteiger partial charge in [0.05, 0.1) is 13.5 Å². The van der Waals surface area contributed by atoms with Gasteiger partial charge in [-0.2, -0.15) is 0 Å². The highest BCUT2D eigenvalue weighted by Gasteiger charge is 2.01. The first-order valence-electron chi connectivity index (χ1n) is 4.68. The SMILES string of the molecule is COC(=O)CCSc1cc(C)cc(N)c1. The highest BCUT2D eigenvalue weighted by Crippen LogP contribution is 2.22. The molecular formula is C11H15NO2S. The molecule has 82 valence electrons. The number of thioether (sulfide) groups is 1. The second-order valence-corrected chi connectivity index (χ2v) is 4.42. The summed E-state index contributed by atoms with van der Waals surface area (Å²) in [5, 5.41) is 0. The van der Waals surface area contributed by atoms with E-state index in [0.717, 1.165) is 21.9 Å². The predicted octanol–water partition coefficient (Wildman–Crippen LogP) is 2.23. The first kappa shape index (κ1) is 11.9. The van der Waals surface area contributed by atoms with Crippen LogP contribution in [0.2, 0.25) is 0 Å². The largest absolute Gasteiger partial charge is 0.469 e. The number of methoxy groups -OCH3 is 1. The van der Waals surface area contributed by atoms with E-state index in [1.807, 2.05) is 19.1 Å². The van der Waals surface area contributed by atoms with Crippen molar-refractivity contribution in [3.05, 3.63) is 23.8 Å². The van der Waals surface area contributed by atoms with Crippen LogP contribution in [-0.2, 0) is 9.53 Å². The molecule has 0 aliphatic heterocycles. The zero-order valence-electron chi connectivity index (χ0n) is 8.95. The van der Waals surface area contributed by atoms with Crippen molar-refractivity contribution in [3.8, 4) is 0 Å². The number of carbonyl (C=O) groups is 1. The Morgan fingerprint density at radius 3 is 2.80 bits per heavy atom. The second-order valence-electron chi connectivity index (χ2n) is 3.25. The molecule has 0 unspecified atom stereocenters. The summed E-state index contributed by atoms with van der Waals surface area (Å²) in [5.74, 6) is 0.540. The number of rotatable bonds is 4. The molecule has 0 aliphatic carbocycles. The highest BCUT2D eigenvalue weighted by molar-refractivity contribution is 7.99. The molecule has 3 nitrogen and oxygen atoms in total. The fourth-order valence-electron chi connectivity index (χ4n) is 1.21. The van der Waals surface area contributed by atoms with Gasteiger partial charge in [-0.25, -0.2) is 0 Å². The molecule has 0 atom stereocenters. The Morgan fingerprint density at radius 1 is 1.47 bits per heavy atom. The van der Waals surface area contributed by atoms with Gasteiger partial charge in [0.15, 0.2) is 0 Å². The van der Waals surface area contributed by atoms with Crippen LogP contribution in [0.4, 0.5) is 5.69 Å². The molecular weight excluding hydrogens is 210 g/mol. The molecule has 0 fully saturated rings. The van der Waals surface area contributed by atoms with Gasteiger partial charge in [0, 0.05) is 16.3 Å². The van der Waals surface area contributed by atoms with Crippen LogP contribution in [-0.4, -0.2) is 18.8 Å². The van der Waals surface area contributed by atoms with E-state index < -0.39 is 0 Å². The summed E-state index contributed by atoms with van der Waals surface area (Å²) < 4.78 is 4.56. The fraction of sp³-hybridized carbons (Fsp3) is 0.364. The number of nitrogens with two attached hydrogens (primary N) is 1. The van der Waals surface area contributed by atoms with Gasteiger partial charge in [0.2, 0.25) is 0 Å². The highest BCUT2D eigenvalue weighted by atomic mass is 32.2. The van der Waals surface area contributed by atoms with Gasteiger partial charge in [-0.1, -0.05) is 0 Å². The number of hydrogen-bond acceptors (Lipinski definition) is 4. The summed E-state index contributed by atoms with van der Waals surface area (Å²) in [6, 6.07) is 5.89. The normalized spacial score (nSPS) is 10.0. The van der Waals surface area contributed by atoms with Gasteiger partial charge in [-0.05, 0) is 30.7 Å². The van der Waals surface area contributed by atoms with Gasteiger partial charge >= 0.3 is 5.97 Å². The van der Waals surface area contributed by atoms with Crippen molar-refractivity contribution in [2.45, 2.75) is 18.2 Å². The van der Waals surface area contributed by atoms with Gasteiger partial charge in [0.1, 0.15) is 0 Å². The number of nitrogen functional groups attached to an aromatic ring is 1. The van der Waals surface area contributed by atoms with Crippen LogP contribution in [0.1, 0.15) is 12.0 Å². The molecule has 0 aliphatic rings. The van der Waals surface area contributed by atoms with Gasteiger partial charge in [0.25, 0.3) is 0 Å². The Kier molecular flexibility index (Phi) is 4.49. The Labute approximate surface area is 94.0 Å². The lowest BCUT2D eigenvalue weighted by Gasteiger charge is -2.04. The summed E-state index contributed by atoms with van der Waals surface area (Å²) in [6.45, 7) is 2.00. The molecule has 0 spiro atoms. The average Bonchev–Trinajstić information content (AvgIpc) is 2.16. The van der Waals surface area contributed by atoms with Crippen LogP contribution in [0.25, 0.3) is 0 Å². The van der Waals surface area contributed by atoms with Gasteiger partial charge in [-0.15, -0.1) is 11.8 Å². The van der Waals surface area contributed by atoms with E-state index in [0.29, 0.717) is 6.42 Å². The van der Waals surface area contributed by atoms with Crippen LogP contribution in [0.5, 0.6) is 0 Å². The van der Waals surface area contributed by atoms with Crippen molar-refractivity contribution in [3.63, 3.8) is 0 Å². The predicted molar refractivity (Wildman–Crippen MR) is 62.9 cm³/mol. The number of carbonyl (C=O) groups excluding carboxylic acids is 1. The first-order chi connectivity index (χ1) is 7.11. The monoisotopic (exact) mass is 225 g/mol. The summed E-state index contributed by atoms with van der Waals surface area (Å²) >= 11 is 1.61. The van der Waals surface area contributed by atoms with Crippen molar-refractivity contribution in [2.24, 2.45) is 0 Å². The van der Waals surface area contributed by atoms with Crippen molar-refractivity contribution < 1.29 is 9.53 Å². The molecule has 4 heteroatoms. The molecule has 0 heterocycles. The molecule has 2 N–H and O–H groups in total. The van der Waals surface area contributed by atoms with Crippen molar-refractivity contribution >= 4 is 23.4 Å². The smallest absolute Gasteiger partial charge is 0.306 e. The minimum Gasteiger partial charge on any atom is -0.469 e. The molecule has 0 saturated heterocycles.